The summed E-state index contributed by atoms with van der Waals surface area (Å²) >= 11 is 1.05. The molecule has 8 nitrogen and oxygen atoms in total. The van der Waals surface area contributed by atoms with E-state index in [2.05, 4.69) is 4.98 Å². The van der Waals surface area contributed by atoms with Gasteiger partial charge in [-0.25, -0.2) is 9.78 Å². The van der Waals surface area contributed by atoms with E-state index in [-0.39, 0.29) is 5.75 Å². The number of hydrogen-bond acceptors (Lipinski definition) is 7. The summed E-state index contributed by atoms with van der Waals surface area (Å²) in [5.74, 6) is -1.51. The van der Waals surface area contributed by atoms with Crippen LogP contribution in [0, 0.1) is 0 Å². The van der Waals surface area contributed by atoms with E-state index in [0.717, 1.165) is 11.8 Å². The summed E-state index contributed by atoms with van der Waals surface area (Å²) < 4.78 is 10.3. The predicted octanol–water partition coefficient (Wildman–Crippen LogP) is 1.05. The van der Waals surface area contributed by atoms with E-state index in [9.17, 15) is 14.4 Å². The van der Waals surface area contributed by atoms with Gasteiger partial charge in [0.15, 0.2) is 11.7 Å². The maximum Gasteiger partial charge on any atom is 0.318 e. The highest BCUT2D eigenvalue weighted by molar-refractivity contribution is 7.99. The maximum absolute atomic E-state index is 11.6. The normalized spacial score (nSPS) is 11.9. The van der Waals surface area contributed by atoms with Crippen molar-refractivity contribution in [2.75, 3.05) is 5.75 Å². The van der Waals surface area contributed by atoms with Gasteiger partial charge in [-0.1, -0.05) is 23.9 Å². The van der Waals surface area contributed by atoms with Crippen LogP contribution in [-0.2, 0) is 14.3 Å². The van der Waals surface area contributed by atoms with Crippen molar-refractivity contribution < 1.29 is 23.5 Å². The van der Waals surface area contributed by atoms with Gasteiger partial charge in [-0.2, -0.15) is 0 Å². The molecule has 9 heteroatoms. The van der Waals surface area contributed by atoms with Crippen LogP contribution in [0.15, 0.2) is 33.9 Å². The van der Waals surface area contributed by atoms with Crippen LogP contribution in [0.3, 0.4) is 0 Å². The minimum absolute atomic E-state index is 0.0823. The average Bonchev–Trinajstić information content (AvgIpc) is 2.87. The molecule has 0 unspecified atom stereocenters. The lowest BCUT2D eigenvalue weighted by molar-refractivity contribution is -0.151. The fourth-order valence-electron chi connectivity index (χ4n) is 1.54. The lowest BCUT2D eigenvalue weighted by Crippen LogP contribution is -2.42. The van der Waals surface area contributed by atoms with Gasteiger partial charge in [0, 0.05) is 0 Å². The van der Waals surface area contributed by atoms with Crippen LogP contribution in [0.5, 0.6) is 0 Å². The molecule has 116 valence electrons. The number of aromatic nitrogens is 1. The molecule has 22 heavy (non-hydrogen) atoms. The molecule has 1 atom stereocenters. The van der Waals surface area contributed by atoms with E-state index in [1.165, 1.54) is 6.92 Å². The average molecular weight is 323 g/mol. The first kappa shape index (κ1) is 15.8. The number of thioether (sulfide) groups is 1. The number of para-hydroxylation sites is 2. The van der Waals surface area contributed by atoms with Gasteiger partial charge in [0.2, 0.25) is 0 Å². The SMILES string of the molecule is C[C@H](OC(=O)CSc1nc2ccccc2o1)C(=O)NC(N)=O. The molecule has 1 aromatic heterocycles. The molecule has 3 N–H and O–H groups in total. The van der Waals surface area contributed by atoms with Gasteiger partial charge in [0.05, 0.1) is 0 Å². The van der Waals surface area contributed by atoms with Crippen molar-refractivity contribution in [3.63, 3.8) is 0 Å². The number of primary amides is 1. The lowest BCUT2D eigenvalue weighted by Gasteiger charge is -2.11. The molecular weight excluding hydrogens is 310 g/mol. The third-order valence-corrected chi connectivity index (χ3v) is 3.31. The van der Waals surface area contributed by atoms with E-state index in [1.54, 1.807) is 12.1 Å². The number of urea groups is 1. The fourth-order valence-corrected chi connectivity index (χ4v) is 2.16. The van der Waals surface area contributed by atoms with Gasteiger partial charge >= 0.3 is 12.0 Å². The Hall–Kier alpha value is -2.55. The van der Waals surface area contributed by atoms with Gasteiger partial charge in [0.25, 0.3) is 11.1 Å². The Balaban J connectivity index is 1.84. The van der Waals surface area contributed by atoms with Crippen molar-refractivity contribution in [1.29, 1.82) is 0 Å². The lowest BCUT2D eigenvalue weighted by atomic mass is 10.3. The van der Waals surface area contributed by atoms with Crippen LogP contribution in [0.2, 0.25) is 0 Å². The summed E-state index contributed by atoms with van der Waals surface area (Å²) in [5.41, 5.74) is 6.10. The molecule has 1 aromatic carbocycles. The molecule has 0 aliphatic rings. The van der Waals surface area contributed by atoms with Crippen molar-refractivity contribution in [2.45, 2.75) is 18.3 Å². The molecule has 0 saturated heterocycles. The standard InChI is InChI=1S/C13H13N3O5S/c1-7(11(18)16-12(14)19)20-10(17)6-22-13-15-8-4-2-3-5-9(8)21-13/h2-5,7H,6H2,1H3,(H3,14,16,18,19)/t7-/m0/s1. The molecule has 0 saturated carbocycles. The second-order valence-corrected chi connectivity index (χ2v) is 5.15. The number of carbonyl (C=O) groups is 3. The zero-order valence-electron chi connectivity index (χ0n) is 11.6. The van der Waals surface area contributed by atoms with Crippen molar-refractivity contribution in [1.82, 2.24) is 10.3 Å². The van der Waals surface area contributed by atoms with Crippen molar-refractivity contribution in [3.05, 3.63) is 24.3 Å². The smallest absolute Gasteiger partial charge is 0.318 e. The number of amides is 3. The number of carbonyl (C=O) groups excluding carboxylic acids is 3. The Morgan fingerprint density at radius 2 is 2.14 bits per heavy atom. The van der Waals surface area contributed by atoms with Gasteiger partial charge in [-0.05, 0) is 19.1 Å². The van der Waals surface area contributed by atoms with E-state index < -0.39 is 24.0 Å². The number of fused-ring (bicyclic) bond motifs is 1. The highest BCUT2D eigenvalue weighted by atomic mass is 32.2. The molecule has 0 aliphatic carbocycles. The first-order chi connectivity index (χ1) is 10.5. The van der Waals surface area contributed by atoms with Crippen molar-refractivity contribution in [3.8, 4) is 0 Å². The summed E-state index contributed by atoms with van der Waals surface area (Å²) in [7, 11) is 0. The molecular formula is C13H13N3O5S. The van der Waals surface area contributed by atoms with Gasteiger partial charge in [-0.15, -0.1) is 0 Å². The summed E-state index contributed by atoms with van der Waals surface area (Å²) in [6, 6.07) is 6.19. The van der Waals surface area contributed by atoms with Gasteiger partial charge in [0.1, 0.15) is 11.3 Å². The monoisotopic (exact) mass is 323 g/mol. The summed E-state index contributed by atoms with van der Waals surface area (Å²) in [4.78, 5) is 37.7. The van der Waals surface area contributed by atoms with E-state index >= 15 is 0 Å². The number of esters is 1. The molecule has 0 spiro atoms. The second-order valence-electron chi connectivity index (χ2n) is 4.22. The van der Waals surface area contributed by atoms with E-state index in [4.69, 9.17) is 14.9 Å². The molecule has 2 aromatic rings. The molecule has 0 bridgehead atoms. The molecule has 0 radical (unpaired) electrons. The van der Waals surface area contributed by atoms with Gasteiger partial charge in [-0.3, -0.25) is 14.9 Å². The number of rotatable bonds is 5. The van der Waals surface area contributed by atoms with Crippen LogP contribution in [0.4, 0.5) is 4.79 Å². The predicted molar refractivity (Wildman–Crippen MR) is 78.0 cm³/mol. The zero-order chi connectivity index (χ0) is 16.1. The third-order valence-electron chi connectivity index (χ3n) is 2.51. The molecule has 3 amide bonds. The highest BCUT2D eigenvalue weighted by Gasteiger charge is 2.19. The molecule has 0 fully saturated rings. The highest BCUT2D eigenvalue weighted by Crippen LogP contribution is 2.23. The van der Waals surface area contributed by atoms with Crippen LogP contribution in [0.25, 0.3) is 11.1 Å². The largest absolute Gasteiger partial charge is 0.452 e. The summed E-state index contributed by atoms with van der Waals surface area (Å²) in [6.07, 6.45) is -1.12. The number of nitrogens with zero attached hydrogens (tertiary/aromatic N) is 1. The van der Waals surface area contributed by atoms with Gasteiger partial charge < -0.3 is 14.9 Å². The van der Waals surface area contributed by atoms with E-state index in [1.807, 2.05) is 17.4 Å². The number of benzene rings is 1. The first-order valence-electron chi connectivity index (χ1n) is 6.24. The Bertz CT molecular complexity index is 682. The fraction of sp³-hybridized carbons (Fsp3) is 0.231. The molecule has 0 aliphatic heterocycles. The number of oxazole rings is 1. The number of ether oxygens (including phenoxy) is 1. The van der Waals surface area contributed by atoms with Crippen molar-refractivity contribution in [2.24, 2.45) is 5.73 Å². The molecule has 1 heterocycles. The first-order valence-corrected chi connectivity index (χ1v) is 7.22. The summed E-state index contributed by atoms with van der Waals surface area (Å²) in [5, 5.41) is 2.15. The Morgan fingerprint density at radius 3 is 2.82 bits per heavy atom. The molecule has 2 rings (SSSR count). The van der Waals surface area contributed by atoms with Crippen LogP contribution >= 0.6 is 11.8 Å². The minimum Gasteiger partial charge on any atom is -0.452 e. The van der Waals surface area contributed by atoms with Crippen LogP contribution < -0.4 is 11.1 Å². The zero-order valence-corrected chi connectivity index (χ0v) is 12.4. The Labute approximate surface area is 129 Å². The Morgan fingerprint density at radius 1 is 1.41 bits per heavy atom. The number of imide groups is 1. The summed E-state index contributed by atoms with van der Waals surface area (Å²) in [6.45, 7) is 1.33. The van der Waals surface area contributed by atoms with E-state index in [0.29, 0.717) is 16.3 Å². The number of hydrogen-bond donors (Lipinski definition) is 2. The quantitative estimate of drug-likeness (QED) is 0.622. The number of nitrogens with two attached hydrogens (primary N) is 1. The maximum atomic E-state index is 11.6. The van der Waals surface area contributed by atoms with Crippen LogP contribution in [0.1, 0.15) is 6.92 Å². The third kappa shape index (κ3) is 4.22. The van der Waals surface area contributed by atoms with Crippen LogP contribution in [-0.4, -0.2) is 34.7 Å². The minimum atomic E-state index is -1.12. The number of nitrogens with one attached hydrogen (secondary N) is 1. The Kier molecular flexibility index (Phi) is 4.99. The topological polar surface area (TPSA) is 125 Å². The second kappa shape index (κ2) is 6.94. The van der Waals surface area contributed by atoms with Crippen molar-refractivity contribution >= 4 is 40.8 Å².